The predicted octanol–water partition coefficient (Wildman–Crippen LogP) is 1.61. The number of hydrogen-bond acceptors (Lipinski definition) is 4. The van der Waals surface area contributed by atoms with Crippen LogP contribution in [0.5, 0.6) is 0 Å². The van der Waals surface area contributed by atoms with Crippen molar-refractivity contribution in [2.45, 2.75) is 43.8 Å². The summed E-state index contributed by atoms with van der Waals surface area (Å²) in [6.07, 6.45) is 5.55. The van der Waals surface area contributed by atoms with Crippen LogP contribution in [-0.2, 0) is 4.65 Å². The number of aliphatic hydroxyl groups is 1. The minimum atomic E-state index is -0.909. The molecule has 1 rings (SSSR count). The van der Waals surface area contributed by atoms with Gasteiger partial charge in [-0.25, -0.2) is 0 Å². The maximum Gasteiger partial charge on any atom is 0.332 e. The lowest BCUT2D eigenvalue weighted by atomic mass is 9.83. The van der Waals surface area contributed by atoms with Gasteiger partial charge in [-0.15, -0.1) is 11.8 Å². The molecule has 0 amide bonds. The Morgan fingerprint density at radius 3 is 2.47 bits per heavy atom. The van der Waals surface area contributed by atoms with E-state index in [1.54, 1.807) is 39.3 Å². The molecule has 0 aliphatic carbocycles. The van der Waals surface area contributed by atoms with Crippen LogP contribution in [0.1, 0.15) is 27.7 Å². The van der Waals surface area contributed by atoms with Crippen LogP contribution in [0.4, 0.5) is 0 Å². The van der Waals surface area contributed by atoms with Gasteiger partial charge in [0.25, 0.3) is 0 Å². The number of thioether (sulfide) groups is 1. The van der Waals surface area contributed by atoms with Gasteiger partial charge in [0, 0.05) is 17.3 Å². The van der Waals surface area contributed by atoms with Crippen molar-refractivity contribution in [1.29, 1.82) is 0 Å². The SMILES string of the molecule is CSc1cncc([B]OC(C)(C)C(C)(C)O)c1. The Morgan fingerprint density at radius 1 is 1.29 bits per heavy atom. The summed E-state index contributed by atoms with van der Waals surface area (Å²) in [7, 11) is 1.64. The van der Waals surface area contributed by atoms with E-state index in [0.29, 0.717) is 0 Å². The molecule has 0 spiro atoms. The van der Waals surface area contributed by atoms with Crippen LogP contribution < -0.4 is 5.46 Å². The molecule has 3 nitrogen and oxygen atoms in total. The summed E-state index contributed by atoms with van der Waals surface area (Å²) in [4.78, 5) is 5.21. The third kappa shape index (κ3) is 4.01. The summed E-state index contributed by atoms with van der Waals surface area (Å²) < 4.78 is 5.66. The van der Waals surface area contributed by atoms with Crippen LogP contribution in [0, 0.1) is 0 Å². The molecular weight excluding hydrogens is 233 g/mol. The maximum atomic E-state index is 9.96. The fourth-order valence-electron chi connectivity index (χ4n) is 0.971. The van der Waals surface area contributed by atoms with Crippen molar-refractivity contribution in [1.82, 2.24) is 4.98 Å². The van der Waals surface area contributed by atoms with Crippen LogP contribution in [0.2, 0.25) is 0 Å². The predicted molar refractivity (Wildman–Crippen MR) is 72.9 cm³/mol. The molecule has 17 heavy (non-hydrogen) atoms. The Kier molecular flexibility index (Phi) is 4.64. The van der Waals surface area contributed by atoms with E-state index in [1.165, 1.54) is 0 Å². The molecule has 0 saturated carbocycles. The van der Waals surface area contributed by atoms with Crippen molar-refractivity contribution >= 4 is 24.7 Å². The fraction of sp³-hybridized carbons (Fsp3) is 0.583. The van der Waals surface area contributed by atoms with Crippen LogP contribution in [0.25, 0.3) is 0 Å². The number of rotatable bonds is 5. The zero-order valence-electron chi connectivity index (χ0n) is 11.0. The smallest absolute Gasteiger partial charge is 0.332 e. The molecule has 93 valence electrons. The van der Waals surface area contributed by atoms with Gasteiger partial charge in [-0.3, -0.25) is 4.98 Å². The number of aromatic nitrogens is 1. The van der Waals surface area contributed by atoms with Gasteiger partial charge in [0.2, 0.25) is 0 Å². The second-order valence-electron chi connectivity index (χ2n) is 4.96. The van der Waals surface area contributed by atoms with E-state index in [1.807, 2.05) is 32.4 Å². The van der Waals surface area contributed by atoms with Crippen molar-refractivity contribution in [3.8, 4) is 0 Å². The average Bonchev–Trinajstić information content (AvgIpc) is 2.25. The molecule has 0 atom stereocenters. The van der Waals surface area contributed by atoms with Crippen molar-refractivity contribution in [2.24, 2.45) is 0 Å². The normalized spacial score (nSPS) is 12.6. The quantitative estimate of drug-likeness (QED) is 0.638. The Morgan fingerprint density at radius 2 is 1.94 bits per heavy atom. The third-order valence-electron chi connectivity index (χ3n) is 2.93. The maximum absolute atomic E-state index is 9.96. The summed E-state index contributed by atoms with van der Waals surface area (Å²) in [5.41, 5.74) is -0.662. The summed E-state index contributed by atoms with van der Waals surface area (Å²) >= 11 is 1.63. The molecule has 0 fully saturated rings. The lowest BCUT2D eigenvalue weighted by Crippen LogP contribution is -2.49. The van der Waals surface area contributed by atoms with E-state index >= 15 is 0 Å². The van der Waals surface area contributed by atoms with E-state index in [4.69, 9.17) is 4.65 Å². The fourth-order valence-corrected chi connectivity index (χ4v) is 1.39. The highest BCUT2D eigenvalue weighted by molar-refractivity contribution is 7.98. The van der Waals surface area contributed by atoms with Gasteiger partial charge in [-0.05, 0) is 45.5 Å². The molecule has 0 aliphatic rings. The van der Waals surface area contributed by atoms with Gasteiger partial charge in [0.1, 0.15) is 0 Å². The largest absolute Gasteiger partial charge is 0.427 e. The first-order chi connectivity index (χ1) is 7.76. The molecule has 1 aromatic heterocycles. The Labute approximate surface area is 108 Å². The zero-order valence-corrected chi connectivity index (χ0v) is 11.8. The molecule has 0 saturated heterocycles. The summed E-state index contributed by atoms with van der Waals surface area (Å²) in [6, 6.07) is 2.00. The van der Waals surface area contributed by atoms with Crippen molar-refractivity contribution in [3.63, 3.8) is 0 Å². The zero-order chi connectivity index (χ0) is 13.1. The molecule has 0 bridgehead atoms. The number of pyridine rings is 1. The third-order valence-corrected chi connectivity index (χ3v) is 3.63. The van der Waals surface area contributed by atoms with Gasteiger partial charge >= 0.3 is 7.48 Å². The summed E-state index contributed by atoms with van der Waals surface area (Å²) in [5, 5.41) is 9.96. The number of nitrogens with zero attached hydrogens (tertiary/aromatic N) is 1. The van der Waals surface area contributed by atoms with E-state index in [9.17, 15) is 5.11 Å². The topological polar surface area (TPSA) is 42.4 Å². The second kappa shape index (κ2) is 5.42. The average molecular weight is 252 g/mol. The summed E-state index contributed by atoms with van der Waals surface area (Å²) in [5.74, 6) is 0. The second-order valence-corrected chi connectivity index (χ2v) is 5.84. The molecule has 1 heterocycles. The molecule has 1 aromatic rings. The lowest BCUT2D eigenvalue weighted by molar-refractivity contribution is -0.0893. The minimum absolute atomic E-state index is 0.650. The van der Waals surface area contributed by atoms with Crippen LogP contribution >= 0.6 is 11.8 Å². The standard InChI is InChI=1S/C12H19BNO2S/c1-11(2,15)12(3,4)16-13-9-6-10(17-5)8-14-7-9/h6-8,15H,1-5H3. The molecule has 1 N–H and O–H groups in total. The van der Waals surface area contributed by atoms with E-state index in [-0.39, 0.29) is 0 Å². The first-order valence-electron chi connectivity index (χ1n) is 5.49. The molecule has 0 aliphatic heterocycles. The Bertz CT molecular complexity index is 377. The highest BCUT2D eigenvalue weighted by atomic mass is 32.2. The lowest BCUT2D eigenvalue weighted by Gasteiger charge is -2.37. The Hall–Kier alpha value is -0.515. The van der Waals surface area contributed by atoms with Crippen molar-refractivity contribution < 1.29 is 9.76 Å². The van der Waals surface area contributed by atoms with E-state index in [2.05, 4.69) is 4.98 Å². The molecular formula is C12H19BNO2S. The van der Waals surface area contributed by atoms with E-state index in [0.717, 1.165) is 10.4 Å². The first-order valence-corrected chi connectivity index (χ1v) is 6.71. The number of hydrogen-bond donors (Lipinski definition) is 1. The van der Waals surface area contributed by atoms with Gasteiger partial charge in [-0.1, -0.05) is 0 Å². The minimum Gasteiger partial charge on any atom is -0.427 e. The van der Waals surface area contributed by atoms with E-state index < -0.39 is 11.2 Å². The van der Waals surface area contributed by atoms with Gasteiger partial charge in [-0.2, -0.15) is 0 Å². The van der Waals surface area contributed by atoms with Crippen molar-refractivity contribution in [2.75, 3.05) is 6.26 Å². The molecule has 5 heteroatoms. The Balaban J connectivity index is 2.67. The molecule has 1 radical (unpaired) electrons. The van der Waals surface area contributed by atoms with Gasteiger partial charge in [0.05, 0.1) is 11.2 Å². The molecule has 0 unspecified atom stereocenters. The summed E-state index contributed by atoms with van der Waals surface area (Å²) in [6.45, 7) is 7.18. The van der Waals surface area contributed by atoms with Crippen LogP contribution in [0.3, 0.4) is 0 Å². The first kappa shape index (κ1) is 14.5. The van der Waals surface area contributed by atoms with Gasteiger partial charge in [0.15, 0.2) is 0 Å². The van der Waals surface area contributed by atoms with Crippen molar-refractivity contribution in [3.05, 3.63) is 18.5 Å². The highest BCUT2D eigenvalue weighted by Gasteiger charge is 2.35. The molecule has 0 aromatic carbocycles. The van der Waals surface area contributed by atoms with Gasteiger partial charge < -0.3 is 9.76 Å². The monoisotopic (exact) mass is 252 g/mol. The highest BCUT2D eigenvalue weighted by Crippen LogP contribution is 2.24. The van der Waals surface area contributed by atoms with Crippen LogP contribution in [0.15, 0.2) is 23.4 Å². The van der Waals surface area contributed by atoms with Crippen LogP contribution in [-0.4, -0.2) is 35.0 Å².